The summed E-state index contributed by atoms with van der Waals surface area (Å²) in [4.78, 5) is 27.6. The van der Waals surface area contributed by atoms with Crippen LogP contribution in [0.2, 0.25) is 0 Å². The van der Waals surface area contributed by atoms with Gasteiger partial charge in [0.15, 0.2) is 0 Å². The molecular weight excluding hydrogens is 390 g/mol. The fourth-order valence-corrected chi connectivity index (χ4v) is 4.66. The topological polar surface area (TPSA) is 72.8 Å². The molecule has 1 N–H and O–H groups in total. The Morgan fingerprint density at radius 1 is 1.13 bits per heavy atom. The number of benzene rings is 1. The number of likely N-dealkylation sites (N-methyl/N-ethyl adjacent to an activating group) is 1. The van der Waals surface area contributed by atoms with Gasteiger partial charge in [-0.2, -0.15) is 0 Å². The van der Waals surface area contributed by atoms with E-state index in [2.05, 4.69) is 31.9 Å². The van der Waals surface area contributed by atoms with Gasteiger partial charge in [-0.3, -0.25) is 9.69 Å². The number of carbonyl (C=O) groups is 1. The molecule has 0 aliphatic carbocycles. The fourth-order valence-electron chi connectivity index (χ4n) is 4.66. The number of β-amino-alcohol motifs (C(OH)–C–C–N with tert-alkyl or cyclic N) is 1. The number of nitrogens with zero attached hydrogens (tertiary/aromatic N) is 5. The van der Waals surface area contributed by atoms with Gasteiger partial charge in [-0.05, 0) is 57.0 Å². The van der Waals surface area contributed by atoms with Crippen LogP contribution in [0.5, 0.6) is 0 Å². The molecular formula is C24H33N5O2. The van der Waals surface area contributed by atoms with E-state index in [1.54, 1.807) is 18.3 Å². The van der Waals surface area contributed by atoms with Gasteiger partial charge in [-0.15, -0.1) is 0 Å². The van der Waals surface area contributed by atoms with E-state index in [9.17, 15) is 9.90 Å². The van der Waals surface area contributed by atoms with Gasteiger partial charge in [0.05, 0.1) is 6.54 Å². The van der Waals surface area contributed by atoms with Crippen LogP contribution in [0.4, 0.5) is 5.82 Å². The molecule has 4 rings (SSSR count). The maximum Gasteiger partial charge on any atom is 0.253 e. The van der Waals surface area contributed by atoms with E-state index in [4.69, 9.17) is 0 Å². The number of anilines is 1. The second-order valence-electron chi connectivity index (χ2n) is 9.11. The first-order valence-corrected chi connectivity index (χ1v) is 11.2. The molecule has 1 amide bonds. The van der Waals surface area contributed by atoms with Crippen LogP contribution >= 0.6 is 0 Å². The first-order chi connectivity index (χ1) is 14.9. The van der Waals surface area contributed by atoms with Gasteiger partial charge in [0, 0.05) is 44.0 Å². The lowest BCUT2D eigenvalue weighted by Crippen LogP contribution is -2.46. The molecule has 166 valence electrons. The summed E-state index contributed by atoms with van der Waals surface area (Å²) in [5.41, 5.74) is 1.86. The zero-order chi connectivity index (χ0) is 21.8. The monoisotopic (exact) mass is 423 g/mol. The number of carbonyl (C=O) groups excluding carboxylic acids is 1. The van der Waals surface area contributed by atoms with Crippen LogP contribution < -0.4 is 4.90 Å². The molecule has 1 aromatic heterocycles. The number of piperidine rings is 1. The van der Waals surface area contributed by atoms with Gasteiger partial charge in [-0.1, -0.05) is 18.6 Å². The highest BCUT2D eigenvalue weighted by molar-refractivity contribution is 5.94. The molecule has 0 saturated carbocycles. The average Bonchev–Trinajstić information content (AvgIpc) is 3.16. The predicted molar refractivity (Wildman–Crippen MR) is 121 cm³/mol. The van der Waals surface area contributed by atoms with Crippen molar-refractivity contribution in [3.63, 3.8) is 0 Å². The van der Waals surface area contributed by atoms with Gasteiger partial charge < -0.3 is 14.9 Å². The van der Waals surface area contributed by atoms with E-state index in [0.29, 0.717) is 31.6 Å². The van der Waals surface area contributed by atoms with E-state index in [0.717, 1.165) is 31.1 Å². The second kappa shape index (κ2) is 9.32. The smallest absolute Gasteiger partial charge is 0.253 e. The predicted octanol–water partition coefficient (Wildman–Crippen LogP) is 2.48. The minimum atomic E-state index is -0.947. The highest BCUT2D eigenvalue weighted by Gasteiger charge is 2.38. The van der Waals surface area contributed by atoms with E-state index in [-0.39, 0.29) is 5.91 Å². The SMILES string of the molecule is Cc1cc(N2CC[C@](O)(CN(C)C(=O)c3ccc(CN4CCCCC4)cc3)C2)ncn1. The van der Waals surface area contributed by atoms with Crippen LogP contribution in [-0.4, -0.2) is 76.2 Å². The summed E-state index contributed by atoms with van der Waals surface area (Å²) in [6.45, 7) is 6.65. The Morgan fingerprint density at radius 2 is 1.87 bits per heavy atom. The van der Waals surface area contributed by atoms with E-state index < -0.39 is 5.60 Å². The minimum Gasteiger partial charge on any atom is -0.386 e. The van der Waals surface area contributed by atoms with Crippen molar-refractivity contribution in [1.29, 1.82) is 0 Å². The van der Waals surface area contributed by atoms with Crippen molar-refractivity contribution >= 4 is 11.7 Å². The van der Waals surface area contributed by atoms with E-state index >= 15 is 0 Å². The lowest BCUT2D eigenvalue weighted by Gasteiger charge is -2.29. The molecule has 2 aliphatic heterocycles. The number of hydrogen-bond acceptors (Lipinski definition) is 6. The van der Waals surface area contributed by atoms with E-state index in [1.165, 1.54) is 24.8 Å². The zero-order valence-electron chi connectivity index (χ0n) is 18.6. The van der Waals surface area contributed by atoms with Crippen molar-refractivity contribution < 1.29 is 9.90 Å². The molecule has 7 nitrogen and oxygen atoms in total. The summed E-state index contributed by atoms with van der Waals surface area (Å²) in [6.07, 6.45) is 6.03. The molecule has 2 aliphatic rings. The molecule has 2 aromatic rings. The maximum absolute atomic E-state index is 12.9. The van der Waals surface area contributed by atoms with Crippen molar-refractivity contribution in [3.05, 3.63) is 53.5 Å². The Balaban J connectivity index is 1.33. The Hall–Kier alpha value is -2.51. The van der Waals surface area contributed by atoms with Crippen LogP contribution in [0, 0.1) is 6.92 Å². The van der Waals surface area contributed by atoms with Crippen LogP contribution in [0.1, 0.15) is 47.3 Å². The molecule has 0 spiro atoms. The molecule has 7 heteroatoms. The first-order valence-electron chi connectivity index (χ1n) is 11.2. The first kappa shape index (κ1) is 21.7. The maximum atomic E-state index is 12.9. The number of amides is 1. The minimum absolute atomic E-state index is 0.0609. The summed E-state index contributed by atoms with van der Waals surface area (Å²) in [5, 5.41) is 11.1. The van der Waals surface area contributed by atoms with Crippen LogP contribution in [-0.2, 0) is 6.54 Å². The lowest BCUT2D eigenvalue weighted by molar-refractivity contribution is 0.0264. The molecule has 2 saturated heterocycles. The van der Waals surface area contributed by atoms with Crippen LogP contribution in [0.25, 0.3) is 0 Å². The highest BCUT2D eigenvalue weighted by atomic mass is 16.3. The molecule has 0 bridgehead atoms. The van der Waals surface area contributed by atoms with Gasteiger partial charge in [0.25, 0.3) is 5.91 Å². The van der Waals surface area contributed by atoms with E-state index in [1.807, 2.05) is 25.1 Å². The third-order valence-electron chi connectivity index (χ3n) is 6.38. The molecule has 31 heavy (non-hydrogen) atoms. The molecule has 3 heterocycles. The van der Waals surface area contributed by atoms with Crippen molar-refractivity contribution in [1.82, 2.24) is 19.8 Å². The van der Waals surface area contributed by atoms with Crippen molar-refractivity contribution in [2.45, 2.75) is 44.8 Å². The highest BCUT2D eigenvalue weighted by Crippen LogP contribution is 2.26. The van der Waals surface area contributed by atoms with Crippen molar-refractivity contribution in [2.75, 3.05) is 44.7 Å². The number of hydrogen-bond donors (Lipinski definition) is 1. The largest absolute Gasteiger partial charge is 0.386 e. The van der Waals surface area contributed by atoms with Gasteiger partial charge in [-0.25, -0.2) is 9.97 Å². The zero-order valence-corrected chi connectivity index (χ0v) is 18.6. The number of likely N-dealkylation sites (tertiary alicyclic amines) is 1. The molecule has 0 unspecified atom stereocenters. The summed E-state index contributed by atoms with van der Waals surface area (Å²) in [6, 6.07) is 9.85. The summed E-state index contributed by atoms with van der Waals surface area (Å²) in [7, 11) is 1.76. The summed E-state index contributed by atoms with van der Waals surface area (Å²) < 4.78 is 0. The third-order valence-corrected chi connectivity index (χ3v) is 6.38. The number of rotatable bonds is 6. The van der Waals surface area contributed by atoms with Crippen molar-refractivity contribution in [2.24, 2.45) is 0 Å². The molecule has 0 radical (unpaired) electrons. The third kappa shape index (κ3) is 5.40. The quantitative estimate of drug-likeness (QED) is 0.770. The number of aliphatic hydroxyl groups is 1. The summed E-state index contributed by atoms with van der Waals surface area (Å²) in [5.74, 6) is 0.760. The average molecular weight is 424 g/mol. The Morgan fingerprint density at radius 3 is 2.58 bits per heavy atom. The van der Waals surface area contributed by atoms with Crippen LogP contribution in [0.15, 0.2) is 36.7 Å². The lowest BCUT2D eigenvalue weighted by atomic mass is 10.0. The van der Waals surface area contributed by atoms with Gasteiger partial charge >= 0.3 is 0 Å². The number of aromatic nitrogens is 2. The van der Waals surface area contributed by atoms with Gasteiger partial charge in [0.1, 0.15) is 17.7 Å². The standard InChI is InChI=1S/C24H33N5O2/c1-19-14-22(26-18-25-19)29-13-10-24(31,17-29)16-27(2)23(30)21-8-6-20(7-9-21)15-28-11-4-3-5-12-28/h6-9,14,18,31H,3-5,10-13,15-17H2,1-2H3/t24-/m0/s1. The molecule has 2 fully saturated rings. The van der Waals surface area contributed by atoms with Crippen molar-refractivity contribution in [3.8, 4) is 0 Å². The Bertz CT molecular complexity index is 897. The molecule has 1 atom stereocenters. The van der Waals surface area contributed by atoms with Gasteiger partial charge in [0.2, 0.25) is 0 Å². The Labute approximate surface area is 184 Å². The fraction of sp³-hybridized carbons (Fsp3) is 0.542. The van der Waals surface area contributed by atoms with Crippen LogP contribution in [0.3, 0.4) is 0 Å². The molecule has 1 aromatic carbocycles. The summed E-state index contributed by atoms with van der Waals surface area (Å²) >= 11 is 0. The Kier molecular flexibility index (Phi) is 6.53. The second-order valence-corrected chi connectivity index (χ2v) is 9.11. The number of aryl methyl sites for hydroxylation is 1. The normalized spacial score (nSPS) is 22.0.